The van der Waals surface area contributed by atoms with E-state index in [1.807, 2.05) is 0 Å². The lowest BCUT2D eigenvalue weighted by atomic mass is 9.69. The summed E-state index contributed by atoms with van der Waals surface area (Å²) >= 11 is 0. The van der Waals surface area contributed by atoms with Crippen LogP contribution in [0.25, 0.3) is 0 Å². The first-order valence-corrected chi connectivity index (χ1v) is 21.2. The number of unbranched alkanes of at least 4 members (excludes halogenated alkanes) is 1. The zero-order valence-corrected chi connectivity index (χ0v) is 36.4. The van der Waals surface area contributed by atoms with Gasteiger partial charge in [0, 0.05) is 18.4 Å². The lowest BCUT2D eigenvalue weighted by Gasteiger charge is -2.38. The van der Waals surface area contributed by atoms with Gasteiger partial charge < -0.3 is 18.4 Å². The summed E-state index contributed by atoms with van der Waals surface area (Å²) in [6, 6.07) is 9.48. The van der Waals surface area contributed by atoms with Crippen LogP contribution in [-0.4, -0.2) is 104 Å². The van der Waals surface area contributed by atoms with Gasteiger partial charge in [0.1, 0.15) is 0 Å². The minimum absolute atomic E-state index is 0.0371. The maximum atomic E-state index is 7.46. The van der Waals surface area contributed by atoms with Crippen LogP contribution in [0.4, 0.5) is 0 Å². The summed E-state index contributed by atoms with van der Waals surface area (Å²) < 4.78 is 21.9. The molecule has 3 unspecified atom stereocenters. The number of rotatable bonds is 12. The Kier molecular flexibility index (Phi) is 10.6. The zero-order chi connectivity index (χ0) is 38.8. The highest BCUT2D eigenvalue weighted by Crippen LogP contribution is 2.50. The molecule has 2 fully saturated rings. The molecule has 2 aromatic rings. The van der Waals surface area contributed by atoms with Crippen molar-refractivity contribution in [3.05, 3.63) is 57.6 Å². The van der Waals surface area contributed by atoms with E-state index in [0.717, 1.165) is 33.3 Å². The smallest absolute Gasteiger partial charge is 0.340 e. The van der Waals surface area contributed by atoms with Gasteiger partial charge in [-0.3, -0.25) is 0 Å². The van der Waals surface area contributed by atoms with Crippen LogP contribution in [0.5, 0.6) is 11.5 Å². The van der Waals surface area contributed by atoms with E-state index in [0.29, 0.717) is 12.1 Å². The quantitative estimate of drug-likeness (QED) is 0.161. The van der Waals surface area contributed by atoms with Gasteiger partial charge in [0.2, 0.25) is 12.1 Å². The predicted molar refractivity (Wildman–Crippen MR) is 221 cm³/mol. The number of aryl methyl sites for hydroxylation is 1. The van der Waals surface area contributed by atoms with Crippen LogP contribution in [0.1, 0.15) is 152 Å². The Hall–Kier alpha value is -2.70. The average Bonchev–Trinajstić information content (AvgIpc) is 3.31. The zero-order valence-electron chi connectivity index (χ0n) is 36.4. The SMILES string of the molecule is CCCCC(CCC[N+](C)(C)C)(CCC[N+](C)(C)C)c1cc(C)c2c(c1)C=[N+]1C3CCCCC3[N+]3=Cc4cc(C(C)(C)C)cc(C(C)(C)C)c4OC13O2. The Bertz CT molecular complexity index is 1720. The molecule has 0 radical (unpaired) electrons. The second-order valence-corrected chi connectivity index (χ2v) is 21.5. The van der Waals surface area contributed by atoms with Crippen molar-refractivity contribution >= 4 is 12.4 Å². The summed E-state index contributed by atoms with van der Waals surface area (Å²) in [7, 11) is 14.0. The monoisotopic (exact) mass is 729 g/mol. The lowest BCUT2D eigenvalue weighted by Crippen LogP contribution is -2.60. The van der Waals surface area contributed by atoms with E-state index >= 15 is 0 Å². The van der Waals surface area contributed by atoms with Gasteiger partial charge in [0.15, 0.2) is 23.9 Å². The van der Waals surface area contributed by atoms with E-state index in [2.05, 4.69) is 144 Å². The number of quaternary nitrogens is 2. The molecule has 6 rings (SSSR count). The Morgan fingerprint density at radius 3 is 1.64 bits per heavy atom. The summed E-state index contributed by atoms with van der Waals surface area (Å²) in [5.41, 5.74) is 7.86. The molecule has 0 amide bonds. The third-order valence-corrected chi connectivity index (χ3v) is 12.8. The van der Waals surface area contributed by atoms with Gasteiger partial charge in [-0.15, -0.1) is 0 Å². The average molecular weight is 729 g/mol. The van der Waals surface area contributed by atoms with Crippen molar-refractivity contribution in [2.24, 2.45) is 0 Å². The first kappa shape index (κ1) is 40.0. The van der Waals surface area contributed by atoms with Crippen LogP contribution < -0.4 is 9.47 Å². The summed E-state index contributed by atoms with van der Waals surface area (Å²) in [4.78, 5) is 0. The molecule has 4 aliphatic rings. The van der Waals surface area contributed by atoms with E-state index in [-0.39, 0.29) is 16.2 Å². The molecule has 2 aromatic carbocycles. The van der Waals surface area contributed by atoms with E-state index in [1.165, 1.54) is 104 Å². The Morgan fingerprint density at radius 1 is 0.660 bits per heavy atom. The van der Waals surface area contributed by atoms with E-state index in [1.54, 1.807) is 0 Å². The van der Waals surface area contributed by atoms with Crippen LogP contribution in [0.3, 0.4) is 0 Å². The molecular weight excluding hydrogens is 653 g/mol. The van der Waals surface area contributed by atoms with Gasteiger partial charge in [0.25, 0.3) is 0 Å². The van der Waals surface area contributed by atoms with Crippen LogP contribution in [0, 0.1) is 6.92 Å². The molecule has 0 aromatic heterocycles. The summed E-state index contributed by atoms with van der Waals surface area (Å²) in [5.74, 6) is 1.96. The molecule has 292 valence electrons. The van der Waals surface area contributed by atoms with Gasteiger partial charge in [-0.1, -0.05) is 82.6 Å². The van der Waals surface area contributed by atoms with Gasteiger partial charge >= 0.3 is 6.03 Å². The fourth-order valence-electron chi connectivity index (χ4n) is 9.75. The van der Waals surface area contributed by atoms with Gasteiger partial charge in [-0.2, -0.15) is 0 Å². The fraction of sp³-hybridized carbons (Fsp3) is 0.702. The molecule has 53 heavy (non-hydrogen) atoms. The molecule has 1 saturated carbocycles. The van der Waals surface area contributed by atoms with Crippen molar-refractivity contribution in [3.63, 3.8) is 0 Å². The molecule has 6 heteroatoms. The first-order chi connectivity index (χ1) is 24.6. The normalized spacial score (nSPS) is 22.8. The maximum Gasteiger partial charge on any atom is 0.704 e. The predicted octanol–water partition coefficient (Wildman–Crippen LogP) is 9.27. The minimum Gasteiger partial charge on any atom is -0.340 e. The number of hydrogen-bond acceptors (Lipinski definition) is 2. The highest BCUT2D eigenvalue weighted by Gasteiger charge is 2.76. The molecular formula is C47H76N4O2+4. The van der Waals surface area contributed by atoms with E-state index in [4.69, 9.17) is 9.47 Å². The van der Waals surface area contributed by atoms with E-state index in [9.17, 15) is 0 Å². The van der Waals surface area contributed by atoms with E-state index < -0.39 is 6.03 Å². The number of benzene rings is 2. The van der Waals surface area contributed by atoms with Gasteiger partial charge in [0.05, 0.1) is 66.5 Å². The standard InChI is InChI=1S/C47H76N4O2/c1-15-16-23-46(24-19-26-50(9,10)11,25-20-27-51(12,13)14)38-28-34(2)42-35(30-38)32-48-40-21-17-18-22-41(40)49-33-36-29-37(44(3,4)5)31-39(45(6,7)8)43(36)53-47(48,49)52-42/h28-33,40-41H,15-27H2,1-14H3/q+4. The van der Waals surface area contributed by atoms with Gasteiger partial charge in [-0.25, -0.2) is 0 Å². The Labute approximate surface area is 324 Å². The molecule has 0 bridgehead atoms. The summed E-state index contributed by atoms with van der Waals surface area (Å²) in [6.45, 7) is 20.9. The van der Waals surface area contributed by atoms with Crippen LogP contribution in [-0.2, 0) is 16.2 Å². The second-order valence-electron chi connectivity index (χ2n) is 21.5. The van der Waals surface area contributed by atoms with Crippen molar-refractivity contribution in [2.45, 2.75) is 160 Å². The molecule has 6 nitrogen and oxygen atoms in total. The second kappa shape index (κ2) is 14.1. The van der Waals surface area contributed by atoms with Crippen LogP contribution in [0.15, 0.2) is 24.3 Å². The molecule has 1 aliphatic carbocycles. The Balaban J connectivity index is 1.49. The first-order valence-electron chi connectivity index (χ1n) is 21.2. The Morgan fingerprint density at radius 2 is 1.15 bits per heavy atom. The topological polar surface area (TPSA) is 24.5 Å². The van der Waals surface area contributed by atoms with Crippen LogP contribution in [0.2, 0.25) is 0 Å². The molecule has 1 spiro atoms. The summed E-state index contributed by atoms with van der Waals surface area (Å²) in [5, 5.41) is 0. The third kappa shape index (κ3) is 8.02. The number of nitrogens with zero attached hydrogens (tertiary/aromatic N) is 4. The largest absolute Gasteiger partial charge is 0.704 e. The van der Waals surface area contributed by atoms with Crippen LogP contribution >= 0.6 is 0 Å². The number of fused-ring (bicyclic) bond motifs is 5. The lowest BCUT2D eigenvalue weighted by molar-refractivity contribution is -0.870. The van der Waals surface area contributed by atoms with Crippen molar-refractivity contribution in [1.29, 1.82) is 0 Å². The van der Waals surface area contributed by atoms with Crippen molar-refractivity contribution in [1.82, 2.24) is 0 Å². The number of ether oxygens (including phenoxy) is 2. The van der Waals surface area contributed by atoms with Crippen molar-refractivity contribution in [2.75, 3.05) is 55.4 Å². The highest BCUT2D eigenvalue weighted by atomic mass is 16.7. The number of hydrogen-bond donors (Lipinski definition) is 0. The third-order valence-electron chi connectivity index (χ3n) is 12.8. The van der Waals surface area contributed by atoms with Gasteiger partial charge in [-0.05, 0) is 96.9 Å². The molecule has 3 aliphatic heterocycles. The van der Waals surface area contributed by atoms with Crippen molar-refractivity contribution < 1.29 is 27.6 Å². The fourth-order valence-corrected chi connectivity index (χ4v) is 9.75. The molecule has 1 saturated heterocycles. The highest BCUT2D eigenvalue weighted by molar-refractivity contribution is 5.85. The van der Waals surface area contributed by atoms with Crippen molar-refractivity contribution in [3.8, 4) is 11.5 Å². The molecule has 3 atom stereocenters. The molecule has 3 heterocycles. The maximum absolute atomic E-state index is 7.46. The summed E-state index contributed by atoms with van der Waals surface area (Å²) in [6.07, 6.45) is 18.3. The molecule has 0 N–H and O–H groups in total. The minimum atomic E-state index is -1.02.